The van der Waals surface area contributed by atoms with Gasteiger partial charge in [0.2, 0.25) is 11.0 Å². The van der Waals surface area contributed by atoms with Crippen LogP contribution >= 0.6 is 11.3 Å². The molecule has 4 rings (SSSR count). The summed E-state index contributed by atoms with van der Waals surface area (Å²) in [5.74, 6) is -0.917. The number of sulfonamides is 1. The number of rotatable bonds is 16. The van der Waals surface area contributed by atoms with Crippen LogP contribution in [0.2, 0.25) is 0 Å². The van der Waals surface area contributed by atoms with Crippen LogP contribution in [0.3, 0.4) is 0 Å². The fraction of sp³-hybridized carbons (Fsp3) is 0.500. The lowest BCUT2D eigenvalue weighted by Crippen LogP contribution is -2.57. The molecule has 0 spiro atoms. The van der Waals surface area contributed by atoms with Crippen molar-refractivity contribution in [3.8, 4) is 0 Å². The molecular formula is C32H43N5O7S2. The first-order valence-corrected chi connectivity index (χ1v) is 17.7. The van der Waals surface area contributed by atoms with E-state index >= 15 is 0 Å². The Morgan fingerprint density at radius 3 is 2.43 bits per heavy atom. The molecule has 250 valence electrons. The molecule has 14 heteroatoms. The molecule has 1 aliphatic rings. The van der Waals surface area contributed by atoms with E-state index in [9.17, 15) is 27.9 Å². The number of aryl methyl sites for hydroxylation is 1. The number of urea groups is 1. The summed E-state index contributed by atoms with van der Waals surface area (Å²) in [5, 5.41) is 17.0. The molecule has 1 fully saturated rings. The third-order valence-electron chi connectivity index (χ3n) is 7.74. The summed E-state index contributed by atoms with van der Waals surface area (Å²) in [5.41, 5.74) is 1.63. The van der Waals surface area contributed by atoms with E-state index in [0.717, 1.165) is 20.6 Å². The summed E-state index contributed by atoms with van der Waals surface area (Å²) in [7, 11) is -4.22. The number of aromatic nitrogens is 1. The maximum atomic E-state index is 14.0. The average Bonchev–Trinajstić information content (AvgIpc) is 3.74. The van der Waals surface area contributed by atoms with Gasteiger partial charge >= 0.3 is 6.03 Å². The Morgan fingerprint density at radius 1 is 1.13 bits per heavy atom. The predicted octanol–water partition coefficient (Wildman–Crippen LogP) is 3.55. The van der Waals surface area contributed by atoms with Crippen LogP contribution in [0.1, 0.15) is 54.5 Å². The Balaban J connectivity index is 1.56. The van der Waals surface area contributed by atoms with Gasteiger partial charge in [0.15, 0.2) is 12.0 Å². The Labute approximate surface area is 274 Å². The number of amides is 3. The molecule has 1 aromatic carbocycles. The normalized spacial score (nSPS) is 16.0. The van der Waals surface area contributed by atoms with E-state index in [1.54, 1.807) is 9.80 Å². The standard InChI is InChI=1S/C32H43N5O7S2/c1-21(2)16-36(46(42,43)29-12-11-26(19-38)44-29)18-28(39)27(15-24-9-7-6-8-10-24)34-31(40)30(22(3)4)37-14-13-35(32(37)41)17-25-20-45-23(5)33-25/h6-12,19-22,27-28,30,39H,13-18H2,1-5H3,(H,34,40)/t27-,28+,30?/m0/s1. The van der Waals surface area contributed by atoms with Crippen LogP contribution in [0.15, 0.2) is 57.4 Å². The van der Waals surface area contributed by atoms with Gasteiger partial charge in [-0.1, -0.05) is 58.0 Å². The number of thiazole rings is 1. The van der Waals surface area contributed by atoms with Gasteiger partial charge in [0.05, 0.1) is 29.4 Å². The van der Waals surface area contributed by atoms with Gasteiger partial charge in [-0.2, -0.15) is 4.31 Å². The number of hydrogen-bond donors (Lipinski definition) is 2. The molecule has 3 atom stereocenters. The molecule has 3 aromatic rings. The van der Waals surface area contributed by atoms with E-state index in [1.807, 2.05) is 70.3 Å². The van der Waals surface area contributed by atoms with Gasteiger partial charge in [-0.3, -0.25) is 9.59 Å². The van der Waals surface area contributed by atoms with Crippen LogP contribution in [0.4, 0.5) is 4.79 Å². The molecule has 2 N–H and O–H groups in total. The smallest absolute Gasteiger partial charge is 0.321 e. The zero-order valence-corrected chi connectivity index (χ0v) is 28.5. The number of carbonyl (C=O) groups is 3. The van der Waals surface area contributed by atoms with Crippen LogP contribution in [-0.2, 0) is 27.8 Å². The monoisotopic (exact) mass is 673 g/mol. The van der Waals surface area contributed by atoms with Crippen molar-refractivity contribution in [2.24, 2.45) is 11.8 Å². The van der Waals surface area contributed by atoms with Crippen molar-refractivity contribution in [2.45, 2.75) is 70.9 Å². The summed E-state index contributed by atoms with van der Waals surface area (Å²) < 4.78 is 33.5. The summed E-state index contributed by atoms with van der Waals surface area (Å²) in [6.45, 7) is 10.2. The van der Waals surface area contributed by atoms with Gasteiger partial charge in [-0.05, 0) is 42.9 Å². The Kier molecular flexibility index (Phi) is 11.8. The summed E-state index contributed by atoms with van der Waals surface area (Å²) >= 11 is 1.51. The van der Waals surface area contributed by atoms with Crippen molar-refractivity contribution in [2.75, 3.05) is 26.2 Å². The zero-order chi connectivity index (χ0) is 33.6. The molecule has 3 heterocycles. The number of aliphatic hydroxyl groups is 1. The molecule has 1 saturated heterocycles. The number of nitrogens with zero attached hydrogens (tertiary/aromatic N) is 4. The van der Waals surface area contributed by atoms with E-state index in [-0.39, 0.29) is 43.1 Å². The van der Waals surface area contributed by atoms with Gasteiger partial charge in [-0.25, -0.2) is 18.2 Å². The van der Waals surface area contributed by atoms with E-state index in [0.29, 0.717) is 25.9 Å². The first kappa shape index (κ1) is 35.3. The number of nitrogens with one attached hydrogen (secondary N) is 1. The van der Waals surface area contributed by atoms with Crippen molar-refractivity contribution in [1.82, 2.24) is 24.4 Å². The van der Waals surface area contributed by atoms with Crippen molar-refractivity contribution in [3.05, 3.63) is 69.9 Å². The van der Waals surface area contributed by atoms with E-state index in [4.69, 9.17) is 4.42 Å². The molecule has 0 radical (unpaired) electrons. The number of aliphatic hydroxyl groups excluding tert-OH is 1. The maximum absolute atomic E-state index is 14.0. The zero-order valence-electron chi connectivity index (χ0n) is 26.8. The Hall–Kier alpha value is -3.59. The lowest BCUT2D eigenvalue weighted by molar-refractivity contribution is -0.128. The molecule has 0 aliphatic carbocycles. The lowest BCUT2D eigenvalue weighted by atomic mass is 9.97. The molecule has 0 saturated carbocycles. The maximum Gasteiger partial charge on any atom is 0.321 e. The molecular weight excluding hydrogens is 631 g/mol. The van der Waals surface area contributed by atoms with Gasteiger partial charge in [0.25, 0.3) is 10.0 Å². The van der Waals surface area contributed by atoms with Crippen LogP contribution in [-0.4, -0.2) is 95.2 Å². The van der Waals surface area contributed by atoms with Crippen LogP contribution in [0, 0.1) is 18.8 Å². The lowest BCUT2D eigenvalue weighted by Gasteiger charge is -2.34. The summed E-state index contributed by atoms with van der Waals surface area (Å²) in [4.78, 5) is 46.3. The predicted molar refractivity (Wildman–Crippen MR) is 174 cm³/mol. The second-order valence-electron chi connectivity index (χ2n) is 12.3. The van der Waals surface area contributed by atoms with E-state index < -0.39 is 39.2 Å². The van der Waals surface area contributed by atoms with E-state index in [1.165, 1.54) is 23.5 Å². The topological polar surface area (TPSA) is 153 Å². The fourth-order valence-electron chi connectivity index (χ4n) is 5.58. The highest BCUT2D eigenvalue weighted by Gasteiger charge is 2.41. The highest BCUT2D eigenvalue weighted by Crippen LogP contribution is 2.23. The highest BCUT2D eigenvalue weighted by atomic mass is 32.2. The fourth-order valence-corrected chi connectivity index (χ4v) is 7.73. The van der Waals surface area contributed by atoms with E-state index in [2.05, 4.69) is 10.3 Å². The van der Waals surface area contributed by atoms with Crippen molar-refractivity contribution >= 4 is 39.6 Å². The molecule has 12 nitrogen and oxygen atoms in total. The largest absolute Gasteiger partial charge is 0.440 e. The minimum Gasteiger partial charge on any atom is -0.440 e. The van der Waals surface area contributed by atoms with Gasteiger partial charge in [-0.15, -0.1) is 11.3 Å². The molecule has 0 bridgehead atoms. The average molecular weight is 674 g/mol. The van der Waals surface area contributed by atoms with Gasteiger partial charge in [0.1, 0.15) is 6.04 Å². The second kappa shape index (κ2) is 15.3. The molecule has 3 amide bonds. The van der Waals surface area contributed by atoms with Crippen LogP contribution in [0.25, 0.3) is 0 Å². The highest BCUT2D eigenvalue weighted by molar-refractivity contribution is 7.89. The number of hydrogen-bond acceptors (Lipinski definition) is 9. The van der Waals surface area contributed by atoms with Crippen LogP contribution in [0.5, 0.6) is 0 Å². The van der Waals surface area contributed by atoms with Crippen molar-refractivity contribution < 1.29 is 32.3 Å². The first-order valence-electron chi connectivity index (χ1n) is 15.3. The number of furan rings is 1. The van der Waals surface area contributed by atoms with Crippen molar-refractivity contribution in [3.63, 3.8) is 0 Å². The summed E-state index contributed by atoms with van der Waals surface area (Å²) in [6.07, 6.45) is -0.695. The molecule has 1 unspecified atom stereocenters. The minimum atomic E-state index is -4.22. The quantitative estimate of drug-likeness (QED) is 0.219. The summed E-state index contributed by atoms with van der Waals surface area (Å²) in [6, 6.07) is 9.77. The SMILES string of the molecule is Cc1nc(CN2CCN(C(C(=O)N[C@@H](Cc3ccccc3)[C@H](O)CN(CC(C)C)S(=O)(=O)c3ccc(C=O)o3)C(C)C)C2=O)cs1. The molecule has 46 heavy (non-hydrogen) atoms. The number of aldehydes is 1. The molecule has 1 aliphatic heterocycles. The minimum absolute atomic E-state index is 0.0633. The Morgan fingerprint density at radius 2 is 1.85 bits per heavy atom. The first-order chi connectivity index (χ1) is 21.8. The third-order valence-corrected chi connectivity index (χ3v) is 10.3. The third kappa shape index (κ3) is 8.60. The van der Waals surface area contributed by atoms with Gasteiger partial charge in [0, 0.05) is 31.6 Å². The van der Waals surface area contributed by atoms with Gasteiger partial charge < -0.3 is 24.6 Å². The van der Waals surface area contributed by atoms with Crippen LogP contribution < -0.4 is 5.32 Å². The number of benzene rings is 1. The molecule has 2 aromatic heterocycles. The second-order valence-corrected chi connectivity index (χ2v) is 15.2. The van der Waals surface area contributed by atoms with Crippen molar-refractivity contribution in [1.29, 1.82) is 0 Å². The Bertz CT molecular complexity index is 1590. The number of carbonyl (C=O) groups excluding carboxylic acids is 3.